The Morgan fingerprint density at radius 3 is 2.86 bits per heavy atom. The molecular formula is C14H18FN5O. The summed E-state index contributed by atoms with van der Waals surface area (Å²) in [6.07, 6.45) is 1.84. The third-order valence-corrected chi connectivity index (χ3v) is 3.54. The molecule has 0 amide bonds. The van der Waals surface area contributed by atoms with Crippen LogP contribution in [0.4, 0.5) is 4.39 Å². The molecule has 6 nitrogen and oxygen atoms in total. The van der Waals surface area contributed by atoms with Crippen LogP contribution in [-0.4, -0.2) is 53.2 Å². The van der Waals surface area contributed by atoms with Crippen molar-refractivity contribution in [2.75, 3.05) is 33.3 Å². The van der Waals surface area contributed by atoms with E-state index in [0.29, 0.717) is 5.69 Å². The van der Waals surface area contributed by atoms with E-state index in [4.69, 9.17) is 4.74 Å². The molecule has 112 valence electrons. The minimum absolute atomic E-state index is 0.222. The molecule has 1 aromatic heterocycles. The first kappa shape index (κ1) is 14.0. The molecule has 2 aromatic rings. The van der Waals surface area contributed by atoms with Gasteiger partial charge in [0.05, 0.1) is 24.7 Å². The molecule has 0 radical (unpaired) electrons. The number of benzene rings is 1. The summed E-state index contributed by atoms with van der Waals surface area (Å²) in [4.78, 5) is 2.32. The van der Waals surface area contributed by atoms with Crippen LogP contribution in [-0.2, 0) is 6.54 Å². The third kappa shape index (κ3) is 3.20. The number of hydrogen-bond donors (Lipinski definition) is 1. The fraction of sp³-hybridized carbons (Fsp3) is 0.429. The first-order valence-electron chi connectivity index (χ1n) is 6.94. The highest BCUT2D eigenvalue weighted by molar-refractivity contribution is 5.38. The zero-order valence-corrected chi connectivity index (χ0v) is 11.9. The molecule has 0 atom stereocenters. The molecule has 0 spiro atoms. The van der Waals surface area contributed by atoms with Crippen molar-refractivity contribution >= 4 is 0 Å². The number of nitrogens with one attached hydrogen (secondary N) is 1. The van der Waals surface area contributed by atoms with Gasteiger partial charge in [0.25, 0.3) is 0 Å². The summed E-state index contributed by atoms with van der Waals surface area (Å²) in [5.41, 5.74) is 1.51. The Morgan fingerprint density at radius 1 is 1.33 bits per heavy atom. The molecule has 1 aliphatic rings. The third-order valence-electron chi connectivity index (χ3n) is 3.54. The molecule has 1 fully saturated rings. The van der Waals surface area contributed by atoms with Crippen molar-refractivity contribution in [3.05, 3.63) is 35.9 Å². The van der Waals surface area contributed by atoms with Crippen LogP contribution in [0, 0.1) is 5.82 Å². The van der Waals surface area contributed by atoms with Gasteiger partial charge in [-0.2, -0.15) is 0 Å². The molecule has 0 unspecified atom stereocenters. The highest BCUT2D eigenvalue weighted by Gasteiger charge is 2.13. The van der Waals surface area contributed by atoms with Crippen LogP contribution < -0.4 is 10.1 Å². The van der Waals surface area contributed by atoms with Gasteiger partial charge in [0, 0.05) is 38.8 Å². The van der Waals surface area contributed by atoms with E-state index in [1.165, 1.54) is 13.2 Å². The van der Waals surface area contributed by atoms with Gasteiger partial charge in [-0.25, -0.2) is 9.07 Å². The number of aromatic nitrogens is 3. The van der Waals surface area contributed by atoms with E-state index in [1.807, 2.05) is 6.20 Å². The van der Waals surface area contributed by atoms with Crippen LogP contribution in [0.5, 0.6) is 5.75 Å². The van der Waals surface area contributed by atoms with Crippen LogP contribution >= 0.6 is 0 Å². The number of ether oxygens (including phenoxy) is 1. The minimum atomic E-state index is -0.408. The normalized spacial score (nSPS) is 16.1. The maximum Gasteiger partial charge on any atom is 0.167 e. The monoisotopic (exact) mass is 291 g/mol. The number of rotatable bonds is 4. The fourth-order valence-electron chi connectivity index (χ4n) is 2.39. The molecule has 7 heteroatoms. The van der Waals surface area contributed by atoms with Gasteiger partial charge < -0.3 is 10.1 Å². The lowest BCUT2D eigenvalue weighted by atomic mass is 10.3. The Morgan fingerprint density at radius 2 is 2.14 bits per heavy atom. The van der Waals surface area contributed by atoms with Crippen molar-refractivity contribution in [3.8, 4) is 11.4 Å². The van der Waals surface area contributed by atoms with E-state index < -0.39 is 5.82 Å². The lowest BCUT2D eigenvalue weighted by Gasteiger charge is -2.25. The van der Waals surface area contributed by atoms with E-state index in [2.05, 4.69) is 20.5 Å². The Bertz CT molecular complexity index is 609. The summed E-state index contributed by atoms with van der Waals surface area (Å²) in [6.45, 7) is 4.77. The zero-order valence-electron chi connectivity index (χ0n) is 11.9. The van der Waals surface area contributed by atoms with E-state index >= 15 is 0 Å². The molecule has 0 saturated carbocycles. The Balaban J connectivity index is 1.73. The van der Waals surface area contributed by atoms with Crippen molar-refractivity contribution in [1.82, 2.24) is 25.2 Å². The number of halogens is 1. The van der Waals surface area contributed by atoms with E-state index in [9.17, 15) is 4.39 Å². The first-order valence-corrected chi connectivity index (χ1v) is 6.94. The van der Waals surface area contributed by atoms with Crippen LogP contribution in [0.3, 0.4) is 0 Å². The van der Waals surface area contributed by atoms with Gasteiger partial charge in [-0.15, -0.1) is 5.10 Å². The number of piperazine rings is 1. The van der Waals surface area contributed by atoms with Gasteiger partial charge in [0.15, 0.2) is 11.6 Å². The van der Waals surface area contributed by atoms with Crippen LogP contribution in [0.1, 0.15) is 5.69 Å². The summed E-state index contributed by atoms with van der Waals surface area (Å²) in [5, 5.41) is 11.5. The Kier molecular flexibility index (Phi) is 4.12. The van der Waals surface area contributed by atoms with Crippen LogP contribution in [0.15, 0.2) is 24.4 Å². The standard InChI is InChI=1S/C14H18FN5O/c1-21-14-3-2-12(8-13(14)15)20-10-11(17-18-20)9-19-6-4-16-5-7-19/h2-3,8,10,16H,4-7,9H2,1H3. The summed E-state index contributed by atoms with van der Waals surface area (Å²) < 4.78 is 20.2. The van der Waals surface area contributed by atoms with Crippen molar-refractivity contribution in [2.45, 2.75) is 6.54 Å². The van der Waals surface area contributed by atoms with Gasteiger partial charge in [-0.05, 0) is 12.1 Å². The Hall–Kier alpha value is -1.99. The minimum Gasteiger partial charge on any atom is -0.494 e. The predicted molar refractivity (Wildman–Crippen MR) is 76.0 cm³/mol. The van der Waals surface area contributed by atoms with Crippen molar-refractivity contribution < 1.29 is 9.13 Å². The van der Waals surface area contributed by atoms with Crippen molar-refractivity contribution in [3.63, 3.8) is 0 Å². The second kappa shape index (κ2) is 6.19. The molecule has 2 heterocycles. The van der Waals surface area contributed by atoms with E-state index in [1.54, 1.807) is 16.8 Å². The second-order valence-electron chi connectivity index (χ2n) is 5.00. The highest BCUT2D eigenvalue weighted by Crippen LogP contribution is 2.19. The summed E-state index contributed by atoms with van der Waals surface area (Å²) >= 11 is 0. The van der Waals surface area contributed by atoms with Gasteiger partial charge >= 0.3 is 0 Å². The number of hydrogen-bond acceptors (Lipinski definition) is 5. The lowest BCUT2D eigenvalue weighted by molar-refractivity contribution is 0.230. The fourth-order valence-corrected chi connectivity index (χ4v) is 2.39. The molecular weight excluding hydrogens is 273 g/mol. The lowest BCUT2D eigenvalue weighted by Crippen LogP contribution is -2.42. The molecule has 1 N–H and O–H groups in total. The second-order valence-corrected chi connectivity index (χ2v) is 5.00. The van der Waals surface area contributed by atoms with E-state index in [-0.39, 0.29) is 5.75 Å². The van der Waals surface area contributed by atoms with Crippen LogP contribution in [0.2, 0.25) is 0 Å². The summed E-state index contributed by atoms with van der Waals surface area (Å²) in [7, 11) is 1.44. The zero-order chi connectivity index (χ0) is 14.7. The largest absolute Gasteiger partial charge is 0.494 e. The van der Waals surface area contributed by atoms with Gasteiger partial charge in [-0.1, -0.05) is 5.21 Å². The molecule has 1 saturated heterocycles. The average Bonchev–Trinajstić information content (AvgIpc) is 2.97. The smallest absolute Gasteiger partial charge is 0.167 e. The molecule has 0 bridgehead atoms. The highest BCUT2D eigenvalue weighted by atomic mass is 19.1. The van der Waals surface area contributed by atoms with Crippen LogP contribution in [0.25, 0.3) is 5.69 Å². The topological polar surface area (TPSA) is 55.2 Å². The molecule has 1 aliphatic heterocycles. The number of nitrogens with zero attached hydrogens (tertiary/aromatic N) is 4. The number of methoxy groups -OCH3 is 1. The molecule has 1 aromatic carbocycles. The van der Waals surface area contributed by atoms with Gasteiger partial charge in [-0.3, -0.25) is 4.90 Å². The van der Waals surface area contributed by atoms with Gasteiger partial charge in [0.1, 0.15) is 0 Å². The maximum atomic E-state index is 13.7. The average molecular weight is 291 g/mol. The van der Waals surface area contributed by atoms with Crippen molar-refractivity contribution in [2.24, 2.45) is 0 Å². The SMILES string of the molecule is COc1ccc(-n2cc(CN3CCNCC3)nn2)cc1F. The first-order chi connectivity index (χ1) is 10.3. The van der Waals surface area contributed by atoms with Crippen molar-refractivity contribution in [1.29, 1.82) is 0 Å². The maximum absolute atomic E-state index is 13.7. The molecule has 0 aliphatic carbocycles. The quantitative estimate of drug-likeness (QED) is 0.904. The Labute approximate surface area is 122 Å². The van der Waals surface area contributed by atoms with Gasteiger partial charge in [0.2, 0.25) is 0 Å². The summed E-state index contributed by atoms with van der Waals surface area (Å²) in [5.74, 6) is -0.186. The molecule has 21 heavy (non-hydrogen) atoms. The predicted octanol–water partition coefficient (Wildman–Crippen LogP) is 0.820. The van der Waals surface area contributed by atoms with E-state index in [0.717, 1.165) is 38.4 Å². The summed E-state index contributed by atoms with van der Waals surface area (Å²) in [6, 6.07) is 4.73. The molecule has 3 rings (SSSR count).